The topological polar surface area (TPSA) is 69.6 Å². The highest BCUT2D eigenvalue weighted by molar-refractivity contribution is 5.61. The molecule has 6 heteroatoms. The largest absolute Gasteiger partial charge is 0.399 e. The highest BCUT2D eigenvalue weighted by atomic mass is 19.1. The first-order chi connectivity index (χ1) is 9.74. The normalized spacial score (nSPS) is 16.4. The highest BCUT2D eigenvalue weighted by Gasteiger charge is 2.19. The van der Waals surface area contributed by atoms with Crippen molar-refractivity contribution in [2.45, 2.75) is 38.6 Å². The number of nitrogen functional groups attached to an aromatic ring is 1. The van der Waals surface area contributed by atoms with E-state index in [0.29, 0.717) is 23.0 Å². The minimum atomic E-state index is -0.348. The van der Waals surface area contributed by atoms with Crippen molar-refractivity contribution in [3.63, 3.8) is 0 Å². The molecule has 1 aromatic carbocycles. The maximum atomic E-state index is 13.9. The van der Waals surface area contributed by atoms with Crippen molar-refractivity contribution in [1.29, 1.82) is 0 Å². The smallest absolute Gasteiger partial charge is 0.185 e. The summed E-state index contributed by atoms with van der Waals surface area (Å²) in [6, 6.07) is 4.47. The molecule has 20 heavy (non-hydrogen) atoms. The van der Waals surface area contributed by atoms with Crippen LogP contribution < -0.4 is 5.73 Å². The SMILES string of the molecule is Nc1ccc(F)c(-c2nnnn2CC2CCCCC2)c1. The number of benzene rings is 1. The van der Waals surface area contributed by atoms with Crippen LogP contribution in [0.15, 0.2) is 18.2 Å². The van der Waals surface area contributed by atoms with Crippen LogP contribution in [-0.4, -0.2) is 20.2 Å². The van der Waals surface area contributed by atoms with Gasteiger partial charge in [-0.05, 0) is 47.4 Å². The molecule has 0 atom stereocenters. The molecule has 1 fully saturated rings. The van der Waals surface area contributed by atoms with Gasteiger partial charge in [0.25, 0.3) is 0 Å². The molecule has 0 aliphatic heterocycles. The van der Waals surface area contributed by atoms with E-state index in [2.05, 4.69) is 15.5 Å². The zero-order chi connectivity index (χ0) is 13.9. The molecule has 5 nitrogen and oxygen atoms in total. The Kier molecular flexibility index (Phi) is 3.62. The minimum Gasteiger partial charge on any atom is -0.399 e. The van der Waals surface area contributed by atoms with Crippen LogP contribution in [0.25, 0.3) is 11.4 Å². The Hall–Kier alpha value is -1.98. The van der Waals surface area contributed by atoms with E-state index in [1.807, 2.05) is 0 Å². The van der Waals surface area contributed by atoms with Crippen molar-refractivity contribution >= 4 is 5.69 Å². The number of tetrazole rings is 1. The molecule has 0 amide bonds. The Bertz CT molecular complexity index is 589. The lowest BCUT2D eigenvalue weighted by Crippen LogP contribution is -2.16. The summed E-state index contributed by atoms with van der Waals surface area (Å²) in [4.78, 5) is 0. The first-order valence-electron chi connectivity index (χ1n) is 7.05. The van der Waals surface area contributed by atoms with Gasteiger partial charge in [0, 0.05) is 12.2 Å². The number of nitrogens with two attached hydrogens (primary N) is 1. The van der Waals surface area contributed by atoms with E-state index in [4.69, 9.17) is 5.73 Å². The molecule has 106 valence electrons. The van der Waals surface area contributed by atoms with Crippen LogP contribution in [0.3, 0.4) is 0 Å². The van der Waals surface area contributed by atoms with Crippen molar-refractivity contribution in [3.05, 3.63) is 24.0 Å². The molecule has 3 rings (SSSR count). The number of hydrogen-bond donors (Lipinski definition) is 1. The summed E-state index contributed by atoms with van der Waals surface area (Å²) in [6.07, 6.45) is 6.21. The van der Waals surface area contributed by atoms with Gasteiger partial charge in [0.15, 0.2) is 5.82 Å². The maximum Gasteiger partial charge on any atom is 0.185 e. The fourth-order valence-corrected chi connectivity index (χ4v) is 2.85. The number of halogens is 1. The number of anilines is 1. The Morgan fingerprint density at radius 3 is 2.85 bits per heavy atom. The molecule has 1 aliphatic carbocycles. The first-order valence-corrected chi connectivity index (χ1v) is 7.05. The second-order valence-corrected chi connectivity index (χ2v) is 5.43. The quantitative estimate of drug-likeness (QED) is 0.874. The van der Waals surface area contributed by atoms with Crippen LogP contribution in [0.4, 0.5) is 10.1 Å². The number of aromatic nitrogens is 4. The van der Waals surface area contributed by atoms with Gasteiger partial charge in [0.05, 0.1) is 5.56 Å². The maximum absolute atomic E-state index is 13.9. The van der Waals surface area contributed by atoms with Crippen molar-refractivity contribution < 1.29 is 4.39 Å². The van der Waals surface area contributed by atoms with Crippen molar-refractivity contribution in [2.75, 3.05) is 5.73 Å². The van der Waals surface area contributed by atoms with E-state index < -0.39 is 0 Å². The van der Waals surface area contributed by atoms with Crippen LogP contribution in [0.1, 0.15) is 32.1 Å². The van der Waals surface area contributed by atoms with Gasteiger partial charge in [-0.3, -0.25) is 0 Å². The number of hydrogen-bond acceptors (Lipinski definition) is 4. The standard InChI is InChI=1S/C14H18FN5/c15-13-7-6-11(16)8-12(13)14-17-18-19-20(14)9-10-4-2-1-3-5-10/h6-8,10H,1-5,9,16H2. The summed E-state index contributed by atoms with van der Waals surface area (Å²) >= 11 is 0. The molecule has 2 N–H and O–H groups in total. The van der Waals surface area contributed by atoms with Crippen molar-refractivity contribution in [1.82, 2.24) is 20.2 Å². The fourth-order valence-electron chi connectivity index (χ4n) is 2.85. The van der Waals surface area contributed by atoms with Gasteiger partial charge < -0.3 is 5.73 Å². The third kappa shape index (κ3) is 2.64. The Balaban J connectivity index is 1.87. The van der Waals surface area contributed by atoms with Gasteiger partial charge in [0.1, 0.15) is 5.82 Å². The van der Waals surface area contributed by atoms with E-state index in [0.717, 1.165) is 6.54 Å². The Labute approximate surface area is 117 Å². The summed E-state index contributed by atoms with van der Waals surface area (Å²) in [7, 11) is 0. The Morgan fingerprint density at radius 2 is 2.05 bits per heavy atom. The molecule has 1 aliphatic rings. The molecule has 1 heterocycles. The molecule has 0 radical (unpaired) electrons. The van der Waals surface area contributed by atoms with Crippen LogP contribution in [0.5, 0.6) is 0 Å². The molecule has 0 bridgehead atoms. The summed E-state index contributed by atoms with van der Waals surface area (Å²) < 4.78 is 15.6. The molecule has 1 aromatic heterocycles. The van der Waals surface area contributed by atoms with Crippen LogP contribution in [0.2, 0.25) is 0 Å². The molecule has 2 aromatic rings. The zero-order valence-corrected chi connectivity index (χ0v) is 11.3. The van der Waals surface area contributed by atoms with Gasteiger partial charge in [-0.2, -0.15) is 0 Å². The van der Waals surface area contributed by atoms with Crippen LogP contribution in [0, 0.1) is 11.7 Å². The fraction of sp³-hybridized carbons (Fsp3) is 0.500. The molecule has 0 spiro atoms. The average molecular weight is 275 g/mol. The number of rotatable bonds is 3. The van der Waals surface area contributed by atoms with Gasteiger partial charge in [-0.25, -0.2) is 9.07 Å². The van der Waals surface area contributed by atoms with Crippen molar-refractivity contribution in [2.24, 2.45) is 5.92 Å². The lowest BCUT2D eigenvalue weighted by molar-refractivity contribution is 0.307. The van der Waals surface area contributed by atoms with Crippen molar-refractivity contribution in [3.8, 4) is 11.4 Å². The average Bonchev–Trinajstić information content (AvgIpc) is 2.91. The summed E-state index contributed by atoms with van der Waals surface area (Å²) in [5.41, 5.74) is 6.60. The Morgan fingerprint density at radius 1 is 1.25 bits per heavy atom. The monoisotopic (exact) mass is 275 g/mol. The third-order valence-corrected chi connectivity index (χ3v) is 3.92. The second-order valence-electron chi connectivity index (χ2n) is 5.43. The van der Waals surface area contributed by atoms with Gasteiger partial charge >= 0.3 is 0 Å². The zero-order valence-electron chi connectivity index (χ0n) is 11.3. The molecule has 0 unspecified atom stereocenters. The van der Waals surface area contributed by atoms with E-state index in [1.54, 1.807) is 10.7 Å². The van der Waals surface area contributed by atoms with Gasteiger partial charge in [0.2, 0.25) is 0 Å². The predicted octanol–water partition coefficient (Wildman–Crippen LogP) is 2.64. The van der Waals surface area contributed by atoms with Crippen LogP contribution >= 0.6 is 0 Å². The van der Waals surface area contributed by atoms with E-state index in [-0.39, 0.29) is 5.82 Å². The molecular formula is C14H18FN5. The van der Waals surface area contributed by atoms with Gasteiger partial charge in [-0.1, -0.05) is 19.3 Å². The predicted molar refractivity (Wildman–Crippen MR) is 74.2 cm³/mol. The summed E-state index contributed by atoms with van der Waals surface area (Å²) in [5.74, 6) is 0.689. The lowest BCUT2D eigenvalue weighted by Gasteiger charge is -2.21. The van der Waals surface area contributed by atoms with E-state index >= 15 is 0 Å². The van der Waals surface area contributed by atoms with Gasteiger partial charge in [-0.15, -0.1) is 5.10 Å². The molecule has 0 saturated heterocycles. The first kappa shape index (κ1) is 13.0. The second kappa shape index (κ2) is 5.56. The lowest BCUT2D eigenvalue weighted by atomic mass is 9.89. The molecule has 1 saturated carbocycles. The highest BCUT2D eigenvalue weighted by Crippen LogP contribution is 2.27. The van der Waals surface area contributed by atoms with Crippen LogP contribution in [-0.2, 0) is 6.54 Å². The number of nitrogens with zero attached hydrogens (tertiary/aromatic N) is 4. The molecular weight excluding hydrogens is 257 g/mol. The minimum absolute atomic E-state index is 0.348. The summed E-state index contributed by atoms with van der Waals surface area (Å²) in [6.45, 7) is 0.747. The van der Waals surface area contributed by atoms with E-state index in [9.17, 15) is 4.39 Å². The van der Waals surface area contributed by atoms with E-state index in [1.165, 1.54) is 44.2 Å². The third-order valence-electron chi connectivity index (χ3n) is 3.92. The summed E-state index contributed by atoms with van der Waals surface area (Å²) in [5, 5.41) is 11.7.